The van der Waals surface area contributed by atoms with Gasteiger partial charge in [0.2, 0.25) is 6.79 Å². The maximum Gasteiger partial charge on any atom is 0.259 e. The largest absolute Gasteiger partial charge is 0.454 e. The molecule has 126 valence electrons. The molecule has 0 bridgehead atoms. The summed E-state index contributed by atoms with van der Waals surface area (Å²) in [6, 6.07) is 7.22. The summed E-state index contributed by atoms with van der Waals surface area (Å²) in [6.07, 6.45) is 1.62. The van der Waals surface area contributed by atoms with Crippen molar-refractivity contribution < 1.29 is 18.8 Å². The third-order valence-corrected chi connectivity index (χ3v) is 3.94. The quantitative estimate of drug-likeness (QED) is 0.737. The van der Waals surface area contributed by atoms with Gasteiger partial charge in [-0.05, 0) is 31.2 Å². The fourth-order valence-electron chi connectivity index (χ4n) is 2.74. The molecule has 4 rings (SSSR count). The second-order valence-electron chi connectivity index (χ2n) is 5.57. The Morgan fingerprint density at radius 2 is 2.16 bits per heavy atom. The van der Waals surface area contributed by atoms with E-state index < -0.39 is 0 Å². The number of amides is 1. The van der Waals surface area contributed by atoms with Crippen LogP contribution >= 0.6 is 0 Å². The van der Waals surface area contributed by atoms with Crippen molar-refractivity contribution in [3.63, 3.8) is 0 Å². The molecule has 0 saturated heterocycles. The highest BCUT2D eigenvalue weighted by atomic mass is 16.7. The van der Waals surface area contributed by atoms with E-state index in [2.05, 4.69) is 22.0 Å². The van der Waals surface area contributed by atoms with Crippen LogP contribution in [0.1, 0.15) is 16.1 Å². The number of ether oxygens (including phenoxy) is 2. The van der Waals surface area contributed by atoms with Gasteiger partial charge in [-0.15, -0.1) is 6.58 Å². The van der Waals surface area contributed by atoms with Crippen LogP contribution in [0.4, 0.5) is 0 Å². The van der Waals surface area contributed by atoms with Crippen LogP contribution in [0, 0.1) is 6.92 Å². The number of benzene rings is 1. The molecule has 0 unspecified atom stereocenters. The molecule has 1 aromatic carbocycles. The van der Waals surface area contributed by atoms with Crippen LogP contribution in [0.3, 0.4) is 0 Å². The first-order chi connectivity index (χ1) is 12.2. The van der Waals surface area contributed by atoms with Crippen molar-refractivity contribution in [3.8, 4) is 22.8 Å². The number of nitrogens with zero attached hydrogens (tertiary/aromatic N) is 2. The summed E-state index contributed by atoms with van der Waals surface area (Å²) < 4.78 is 16.0. The highest BCUT2D eigenvalue weighted by Crippen LogP contribution is 2.36. The van der Waals surface area contributed by atoms with E-state index in [1.165, 1.54) is 0 Å². The number of fused-ring (bicyclic) bond motifs is 2. The SMILES string of the molecule is C=CCNC(=O)c1cc(-c2ccc3c(c2)OCO3)nc2onc(C)c12. The van der Waals surface area contributed by atoms with Gasteiger partial charge in [0.1, 0.15) is 0 Å². The molecule has 1 aliphatic rings. The van der Waals surface area contributed by atoms with Gasteiger partial charge in [-0.2, -0.15) is 0 Å². The summed E-state index contributed by atoms with van der Waals surface area (Å²) >= 11 is 0. The van der Waals surface area contributed by atoms with Gasteiger partial charge in [0.25, 0.3) is 11.6 Å². The van der Waals surface area contributed by atoms with Crippen LogP contribution in [0.2, 0.25) is 0 Å². The second kappa shape index (κ2) is 5.94. The third-order valence-electron chi connectivity index (χ3n) is 3.94. The maximum atomic E-state index is 12.5. The number of hydrogen-bond acceptors (Lipinski definition) is 6. The van der Waals surface area contributed by atoms with E-state index in [9.17, 15) is 4.79 Å². The Morgan fingerprint density at radius 1 is 1.32 bits per heavy atom. The van der Waals surface area contributed by atoms with Gasteiger partial charge in [0.15, 0.2) is 11.5 Å². The molecule has 0 atom stereocenters. The molecule has 1 N–H and O–H groups in total. The molecule has 7 heteroatoms. The number of aromatic nitrogens is 2. The first-order valence-electron chi connectivity index (χ1n) is 7.73. The molecule has 7 nitrogen and oxygen atoms in total. The molecule has 0 radical (unpaired) electrons. The van der Waals surface area contributed by atoms with Crippen LogP contribution in [0.25, 0.3) is 22.4 Å². The highest BCUT2D eigenvalue weighted by molar-refractivity contribution is 6.07. The van der Waals surface area contributed by atoms with Crippen molar-refractivity contribution >= 4 is 17.0 Å². The van der Waals surface area contributed by atoms with Gasteiger partial charge in [-0.1, -0.05) is 11.2 Å². The average molecular weight is 337 g/mol. The number of aryl methyl sites for hydroxylation is 1. The lowest BCUT2D eigenvalue weighted by Gasteiger charge is -2.07. The summed E-state index contributed by atoms with van der Waals surface area (Å²) in [7, 11) is 0. The minimum absolute atomic E-state index is 0.196. The van der Waals surface area contributed by atoms with Crippen molar-refractivity contribution in [2.75, 3.05) is 13.3 Å². The van der Waals surface area contributed by atoms with E-state index in [1.807, 2.05) is 18.2 Å². The maximum absolute atomic E-state index is 12.5. The van der Waals surface area contributed by atoms with Crippen LogP contribution in [0.15, 0.2) is 41.4 Å². The van der Waals surface area contributed by atoms with Crippen LogP contribution in [-0.4, -0.2) is 29.4 Å². The summed E-state index contributed by atoms with van der Waals surface area (Å²) in [5.74, 6) is 1.09. The number of rotatable bonds is 4. The van der Waals surface area contributed by atoms with Crippen molar-refractivity contribution in [2.45, 2.75) is 6.92 Å². The van der Waals surface area contributed by atoms with Gasteiger partial charge in [0.05, 0.1) is 22.3 Å². The van der Waals surface area contributed by atoms with Crippen LogP contribution < -0.4 is 14.8 Å². The first kappa shape index (κ1) is 15.2. The number of nitrogens with one attached hydrogen (secondary N) is 1. The van der Waals surface area contributed by atoms with E-state index in [0.29, 0.717) is 46.1 Å². The highest BCUT2D eigenvalue weighted by Gasteiger charge is 2.20. The zero-order valence-electron chi connectivity index (χ0n) is 13.5. The molecule has 1 amide bonds. The van der Waals surface area contributed by atoms with Crippen molar-refractivity contribution in [1.82, 2.24) is 15.5 Å². The van der Waals surface area contributed by atoms with Crippen LogP contribution in [-0.2, 0) is 0 Å². The molecule has 3 heterocycles. The molecule has 3 aromatic rings. The Balaban J connectivity index is 1.85. The Kier molecular flexibility index (Phi) is 3.61. The smallest absolute Gasteiger partial charge is 0.259 e. The Labute approximate surface area is 143 Å². The van der Waals surface area contributed by atoms with Crippen molar-refractivity contribution in [2.24, 2.45) is 0 Å². The van der Waals surface area contributed by atoms with E-state index in [1.54, 1.807) is 19.1 Å². The predicted molar refractivity (Wildman–Crippen MR) is 90.6 cm³/mol. The topological polar surface area (TPSA) is 86.5 Å². The minimum Gasteiger partial charge on any atom is -0.454 e. The monoisotopic (exact) mass is 337 g/mol. The lowest BCUT2D eigenvalue weighted by molar-refractivity contribution is 0.0959. The van der Waals surface area contributed by atoms with Gasteiger partial charge in [-0.3, -0.25) is 4.79 Å². The molecule has 25 heavy (non-hydrogen) atoms. The molecule has 0 spiro atoms. The summed E-state index contributed by atoms with van der Waals surface area (Å²) in [5, 5.41) is 7.31. The fraction of sp³-hybridized carbons (Fsp3) is 0.167. The standard InChI is InChI=1S/C18H15N3O4/c1-3-6-19-17(22)12-8-13(20-18-16(12)10(2)21-25-18)11-4-5-14-15(7-11)24-9-23-14/h3-5,7-8H,1,6,9H2,2H3,(H,19,22). The van der Waals surface area contributed by atoms with E-state index in [-0.39, 0.29) is 12.7 Å². The molecule has 0 fully saturated rings. The Morgan fingerprint density at radius 3 is 3.00 bits per heavy atom. The third kappa shape index (κ3) is 2.59. The minimum atomic E-state index is -0.236. The van der Waals surface area contributed by atoms with E-state index >= 15 is 0 Å². The summed E-state index contributed by atoms with van der Waals surface area (Å²) in [6.45, 7) is 5.95. The fourth-order valence-corrected chi connectivity index (χ4v) is 2.74. The molecule has 2 aromatic heterocycles. The molecule has 0 saturated carbocycles. The number of hydrogen-bond donors (Lipinski definition) is 1. The van der Waals surface area contributed by atoms with E-state index in [4.69, 9.17) is 14.0 Å². The van der Waals surface area contributed by atoms with Gasteiger partial charge in [0, 0.05) is 12.1 Å². The first-order valence-corrected chi connectivity index (χ1v) is 7.73. The number of pyridine rings is 1. The molecule has 1 aliphatic heterocycles. The number of carbonyl (C=O) groups is 1. The van der Waals surface area contributed by atoms with E-state index in [0.717, 1.165) is 5.56 Å². The van der Waals surface area contributed by atoms with Gasteiger partial charge in [-0.25, -0.2) is 4.98 Å². The molecular weight excluding hydrogens is 322 g/mol. The second-order valence-corrected chi connectivity index (χ2v) is 5.57. The Hall–Kier alpha value is -3.35. The normalized spacial score (nSPS) is 12.4. The number of carbonyl (C=O) groups excluding carboxylic acids is 1. The summed E-state index contributed by atoms with van der Waals surface area (Å²) in [5.41, 5.74) is 2.77. The molecular formula is C18H15N3O4. The Bertz CT molecular complexity index is 993. The predicted octanol–water partition coefficient (Wildman–Crippen LogP) is 2.84. The van der Waals surface area contributed by atoms with Crippen molar-refractivity contribution in [1.29, 1.82) is 0 Å². The molecule has 0 aliphatic carbocycles. The van der Waals surface area contributed by atoms with Crippen LogP contribution in [0.5, 0.6) is 11.5 Å². The zero-order chi connectivity index (χ0) is 17.4. The lowest BCUT2D eigenvalue weighted by atomic mass is 10.0. The van der Waals surface area contributed by atoms with Crippen molar-refractivity contribution in [3.05, 3.63) is 48.2 Å². The van der Waals surface area contributed by atoms with Gasteiger partial charge < -0.3 is 19.3 Å². The lowest BCUT2D eigenvalue weighted by Crippen LogP contribution is -2.23. The summed E-state index contributed by atoms with van der Waals surface area (Å²) in [4.78, 5) is 17.0. The van der Waals surface area contributed by atoms with Gasteiger partial charge >= 0.3 is 0 Å². The zero-order valence-corrected chi connectivity index (χ0v) is 13.5. The average Bonchev–Trinajstić information content (AvgIpc) is 3.25.